The molecule has 4 bridgehead atoms. The van der Waals surface area contributed by atoms with Crippen LogP contribution in [0, 0.1) is 23.2 Å². The number of methoxy groups -OCH3 is 1. The molecule has 0 heterocycles. The zero-order chi connectivity index (χ0) is 14.4. The molecule has 21 heavy (non-hydrogen) atoms. The second-order valence-corrected chi connectivity index (χ2v) is 8.91. The van der Waals surface area contributed by atoms with Crippen LogP contribution in [0.4, 0.5) is 0 Å². The lowest BCUT2D eigenvalue weighted by molar-refractivity contribution is -0.0522. The van der Waals surface area contributed by atoms with Crippen LogP contribution in [0.25, 0.3) is 0 Å². The molecule has 0 saturated heterocycles. The minimum atomic E-state index is 0.581. The lowest BCUT2D eigenvalue weighted by Crippen LogP contribution is -2.50. The Labute approximate surface area is 136 Å². The molecular formula is C19H25BrO. The molecule has 4 saturated carbocycles. The summed E-state index contributed by atoms with van der Waals surface area (Å²) in [6.07, 6.45) is 10.1. The summed E-state index contributed by atoms with van der Waals surface area (Å²) in [4.78, 5) is 0.630. The summed E-state index contributed by atoms with van der Waals surface area (Å²) >= 11 is 4.11. The highest BCUT2D eigenvalue weighted by atomic mass is 79.9. The van der Waals surface area contributed by atoms with Gasteiger partial charge in [-0.15, -0.1) is 0 Å². The predicted octanol–water partition coefficient (Wildman–Crippen LogP) is 5.22. The molecule has 4 fully saturated rings. The van der Waals surface area contributed by atoms with Gasteiger partial charge >= 0.3 is 0 Å². The van der Waals surface area contributed by atoms with Crippen molar-refractivity contribution in [1.82, 2.24) is 0 Å². The first-order valence-corrected chi connectivity index (χ1v) is 9.35. The van der Waals surface area contributed by atoms with Gasteiger partial charge < -0.3 is 4.74 Å². The molecule has 2 heteroatoms. The first-order chi connectivity index (χ1) is 10.2. The van der Waals surface area contributed by atoms with E-state index in [1.807, 2.05) is 6.07 Å². The summed E-state index contributed by atoms with van der Waals surface area (Å²) in [5, 5.41) is 0. The molecule has 0 radical (unpaired) electrons. The van der Waals surface area contributed by atoms with Crippen molar-refractivity contribution in [1.29, 1.82) is 0 Å². The minimum Gasteiger partial charge on any atom is -0.497 e. The predicted molar refractivity (Wildman–Crippen MR) is 90.0 cm³/mol. The summed E-state index contributed by atoms with van der Waals surface area (Å²) in [5.74, 6) is 4.07. The van der Waals surface area contributed by atoms with Crippen molar-refractivity contribution in [2.24, 2.45) is 23.2 Å². The van der Waals surface area contributed by atoms with Gasteiger partial charge in [0.1, 0.15) is 5.75 Å². The van der Waals surface area contributed by atoms with Crippen LogP contribution < -0.4 is 4.74 Å². The summed E-state index contributed by atoms with van der Waals surface area (Å²) in [7, 11) is 1.75. The van der Waals surface area contributed by atoms with Crippen molar-refractivity contribution in [3.05, 3.63) is 29.8 Å². The van der Waals surface area contributed by atoms with Crippen LogP contribution >= 0.6 is 15.9 Å². The fourth-order valence-electron chi connectivity index (χ4n) is 5.78. The van der Waals surface area contributed by atoms with E-state index in [9.17, 15) is 0 Å². The smallest absolute Gasteiger partial charge is 0.119 e. The molecule has 0 aromatic heterocycles. The Morgan fingerprint density at radius 3 is 2.33 bits per heavy atom. The molecule has 0 N–H and O–H groups in total. The molecule has 1 unspecified atom stereocenters. The van der Waals surface area contributed by atoms with Crippen LogP contribution in [0.5, 0.6) is 5.75 Å². The van der Waals surface area contributed by atoms with Gasteiger partial charge in [0, 0.05) is 4.83 Å². The molecule has 4 aliphatic rings. The second kappa shape index (κ2) is 5.30. The standard InChI is InChI=1S/C19H25BrO/c1-21-17-4-2-3-13(8-17)9-18(20)19-10-14-5-15(11-19)7-16(6-14)12-19/h2-4,8,14-16,18H,5-7,9-12H2,1H3. The average Bonchev–Trinajstić information content (AvgIpc) is 2.46. The van der Waals surface area contributed by atoms with Crippen LogP contribution in [0.2, 0.25) is 0 Å². The Bertz CT molecular complexity index is 489. The molecule has 1 aromatic rings. The second-order valence-electron chi connectivity index (χ2n) is 7.80. The maximum Gasteiger partial charge on any atom is 0.119 e. The number of hydrogen-bond acceptors (Lipinski definition) is 1. The topological polar surface area (TPSA) is 9.23 Å². The van der Waals surface area contributed by atoms with Gasteiger partial charge in [0.05, 0.1) is 7.11 Å². The Kier molecular flexibility index (Phi) is 3.56. The molecule has 0 amide bonds. The maximum atomic E-state index is 5.37. The van der Waals surface area contributed by atoms with Crippen LogP contribution in [-0.4, -0.2) is 11.9 Å². The summed E-state index contributed by atoms with van der Waals surface area (Å²) in [6, 6.07) is 8.61. The molecule has 4 aliphatic carbocycles. The number of halogens is 1. The van der Waals surface area contributed by atoms with Crippen molar-refractivity contribution < 1.29 is 4.74 Å². The van der Waals surface area contributed by atoms with E-state index >= 15 is 0 Å². The van der Waals surface area contributed by atoms with Gasteiger partial charge in [0.15, 0.2) is 0 Å². The third-order valence-electron chi connectivity index (χ3n) is 6.30. The molecule has 114 valence electrons. The minimum absolute atomic E-state index is 0.581. The Hall–Kier alpha value is -0.500. The zero-order valence-electron chi connectivity index (χ0n) is 12.9. The lowest BCUT2D eigenvalue weighted by Gasteiger charge is -2.58. The third-order valence-corrected chi connectivity index (χ3v) is 7.59. The molecule has 1 nitrogen and oxygen atoms in total. The lowest BCUT2D eigenvalue weighted by atomic mass is 9.48. The average molecular weight is 349 g/mol. The molecule has 0 aliphatic heterocycles. The van der Waals surface area contributed by atoms with Crippen molar-refractivity contribution >= 4 is 15.9 Å². The van der Waals surface area contributed by atoms with Crippen molar-refractivity contribution in [3.63, 3.8) is 0 Å². The van der Waals surface area contributed by atoms with Gasteiger partial charge in [-0.05, 0) is 85.8 Å². The van der Waals surface area contributed by atoms with Crippen LogP contribution in [0.1, 0.15) is 44.1 Å². The quantitative estimate of drug-likeness (QED) is 0.678. The van der Waals surface area contributed by atoms with E-state index in [0.29, 0.717) is 10.2 Å². The molecule has 1 atom stereocenters. The zero-order valence-corrected chi connectivity index (χ0v) is 14.4. The van der Waals surface area contributed by atoms with Gasteiger partial charge in [0.2, 0.25) is 0 Å². The summed E-state index contributed by atoms with van der Waals surface area (Å²) in [6.45, 7) is 0. The number of alkyl halides is 1. The number of benzene rings is 1. The highest BCUT2D eigenvalue weighted by Gasteiger charge is 2.53. The van der Waals surface area contributed by atoms with Crippen LogP contribution in [-0.2, 0) is 6.42 Å². The largest absolute Gasteiger partial charge is 0.497 e. The van der Waals surface area contributed by atoms with E-state index in [0.717, 1.165) is 29.9 Å². The Morgan fingerprint density at radius 2 is 1.76 bits per heavy atom. The van der Waals surface area contributed by atoms with Crippen LogP contribution in [0.15, 0.2) is 24.3 Å². The molecule has 5 rings (SSSR count). The van der Waals surface area contributed by atoms with Gasteiger partial charge in [-0.3, -0.25) is 0 Å². The van der Waals surface area contributed by atoms with Crippen molar-refractivity contribution in [3.8, 4) is 5.75 Å². The summed E-state index contributed by atoms with van der Waals surface area (Å²) < 4.78 is 5.37. The van der Waals surface area contributed by atoms with Gasteiger partial charge in [-0.2, -0.15) is 0 Å². The number of hydrogen-bond donors (Lipinski definition) is 0. The third kappa shape index (κ3) is 2.54. The molecule has 0 spiro atoms. The van der Waals surface area contributed by atoms with Gasteiger partial charge in [-0.25, -0.2) is 0 Å². The molecule has 1 aromatic carbocycles. The molecular weight excluding hydrogens is 324 g/mol. The van der Waals surface area contributed by atoms with Crippen LogP contribution in [0.3, 0.4) is 0 Å². The maximum absolute atomic E-state index is 5.37. The number of ether oxygens (including phenoxy) is 1. The normalized spacial score (nSPS) is 38.5. The van der Waals surface area contributed by atoms with E-state index in [2.05, 4.69) is 34.1 Å². The summed E-state index contributed by atoms with van der Waals surface area (Å²) in [5.41, 5.74) is 1.99. The first-order valence-electron chi connectivity index (χ1n) is 8.44. The van der Waals surface area contributed by atoms with E-state index < -0.39 is 0 Å². The van der Waals surface area contributed by atoms with Crippen molar-refractivity contribution in [2.45, 2.75) is 49.8 Å². The monoisotopic (exact) mass is 348 g/mol. The SMILES string of the molecule is COc1cccc(CC(Br)C23CC4CC(CC(C4)C2)C3)c1. The van der Waals surface area contributed by atoms with Gasteiger partial charge in [0.25, 0.3) is 0 Å². The fourth-order valence-corrected chi connectivity index (χ4v) is 6.72. The van der Waals surface area contributed by atoms with E-state index in [-0.39, 0.29) is 0 Å². The fraction of sp³-hybridized carbons (Fsp3) is 0.684. The first kappa shape index (κ1) is 14.1. The van der Waals surface area contributed by atoms with Crippen molar-refractivity contribution in [2.75, 3.05) is 7.11 Å². The highest BCUT2D eigenvalue weighted by molar-refractivity contribution is 9.09. The highest BCUT2D eigenvalue weighted by Crippen LogP contribution is 2.62. The Morgan fingerprint density at radius 1 is 1.14 bits per heavy atom. The van der Waals surface area contributed by atoms with E-state index in [1.54, 1.807) is 7.11 Å². The Balaban J connectivity index is 1.53. The van der Waals surface area contributed by atoms with E-state index in [4.69, 9.17) is 4.74 Å². The van der Waals surface area contributed by atoms with Gasteiger partial charge in [-0.1, -0.05) is 28.1 Å². The van der Waals surface area contributed by atoms with E-state index in [1.165, 1.54) is 44.1 Å². The number of rotatable bonds is 4.